The number of fused-ring (bicyclic) bond motifs is 1. The maximum absolute atomic E-state index is 13.0. The van der Waals surface area contributed by atoms with E-state index in [-0.39, 0.29) is 16.9 Å². The van der Waals surface area contributed by atoms with Gasteiger partial charge in [-0.3, -0.25) is 9.69 Å². The van der Waals surface area contributed by atoms with E-state index in [4.69, 9.17) is 9.47 Å². The van der Waals surface area contributed by atoms with Crippen LogP contribution in [0.2, 0.25) is 0 Å². The summed E-state index contributed by atoms with van der Waals surface area (Å²) in [7, 11) is 7.56. The van der Waals surface area contributed by atoms with Crippen LogP contribution in [0.15, 0.2) is 97.1 Å². The van der Waals surface area contributed by atoms with Gasteiger partial charge >= 0.3 is 0 Å². The zero-order chi connectivity index (χ0) is 36.4. The largest absolute Gasteiger partial charge is 0.493 e. The van der Waals surface area contributed by atoms with Gasteiger partial charge < -0.3 is 19.7 Å². The number of aryl methyl sites for hydroxylation is 2. The maximum Gasteiger partial charge on any atom is 0.220 e. The number of amides is 1. The van der Waals surface area contributed by atoms with Crippen molar-refractivity contribution in [3.8, 4) is 11.5 Å². The molecule has 1 N–H and O–H groups in total. The summed E-state index contributed by atoms with van der Waals surface area (Å²) in [4.78, 5) is 17.9. The van der Waals surface area contributed by atoms with Gasteiger partial charge in [0.15, 0.2) is 11.5 Å². The first-order chi connectivity index (χ1) is 25.4. The van der Waals surface area contributed by atoms with Crippen LogP contribution in [0.5, 0.6) is 11.5 Å². The maximum atomic E-state index is 13.0. The van der Waals surface area contributed by atoms with Crippen molar-refractivity contribution in [2.75, 3.05) is 52.8 Å². The standard InChI is InChI=1S/C46H59N3O3/c1-48(2)41-22-19-36(20-23-41)21-24-44(50)47-30-13-27-46(39-15-7-5-8-16-39,40-17-9-6-10-18-40)28-14-32-49-31-12-11-26-45(49)29-25-37-33-42(51-3)43(52-4)34-38(37)35-45/h5-10,15-20,22-23,33-34H,11-14,21,24-32,35H2,1-4H3,(H,47,50). The summed E-state index contributed by atoms with van der Waals surface area (Å²) in [6.07, 6.45) is 12.5. The van der Waals surface area contributed by atoms with Crippen LogP contribution in [-0.4, -0.2) is 64.3 Å². The number of carbonyl (C=O) groups excluding carboxylic acids is 1. The molecular formula is C46H59N3O3. The smallest absolute Gasteiger partial charge is 0.220 e. The third-order valence-electron chi connectivity index (χ3n) is 12.0. The SMILES string of the molecule is COc1cc2c(cc1OC)CC1(CCCCN1CCCC(CCCNC(=O)CCc1ccc(N(C)C)cc1)(c1ccccc1)c1ccccc1)CC2. The first-order valence-corrected chi connectivity index (χ1v) is 19.5. The van der Waals surface area contributed by atoms with Crippen LogP contribution >= 0.6 is 0 Å². The lowest BCUT2D eigenvalue weighted by molar-refractivity contribution is -0.121. The van der Waals surface area contributed by atoms with Crippen molar-refractivity contribution in [3.63, 3.8) is 0 Å². The second kappa shape index (κ2) is 17.5. The first kappa shape index (κ1) is 37.5. The average molecular weight is 702 g/mol. The van der Waals surface area contributed by atoms with Crippen molar-refractivity contribution in [1.82, 2.24) is 10.2 Å². The number of nitrogens with zero attached hydrogens (tertiary/aromatic N) is 2. The molecule has 6 nitrogen and oxygen atoms in total. The summed E-state index contributed by atoms with van der Waals surface area (Å²) in [5.41, 5.74) is 8.00. The topological polar surface area (TPSA) is 54.0 Å². The summed E-state index contributed by atoms with van der Waals surface area (Å²) < 4.78 is 11.4. The summed E-state index contributed by atoms with van der Waals surface area (Å²) in [5, 5.41) is 3.26. The molecule has 4 aromatic carbocycles. The highest BCUT2D eigenvalue weighted by atomic mass is 16.5. The van der Waals surface area contributed by atoms with Gasteiger partial charge in [0, 0.05) is 43.7 Å². The van der Waals surface area contributed by atoms with Crippen LogP contribution < -0.4 is 19.7 Å². The lowest BCUT2D eigenvalue weighted by Crippen LogP contribution is -2.55. The molecule has 1 heterocycles. The van der Waals surface area contributed by atoms with Gasteiger partial charge in [0.25, 0.3) is 0 Å². The molecule has 6 heteroatoms. The van der Waals surface area contributed by atoms with E-state index in [1.54, 1.807) is 14.2 Å². The van der Waals surface area contributed by atoms with E-state index in [0.717, 1.165) is 69.5 Å². The Morgan fingerprint density at radius 3 is 2.08 bits per heavy atom. The fraction of sp³-hybridized carbons (Fsp3) is 0.457. The number of likely N-dealkylation sites (tertiary alicyclic amines) is 1. The molecule has 1 atom stereocenters. The fourth-order valence-corrected chi connectivity index (χ4v) is 9.04. The second-order valence-electron chi connectivity index (χ2n) is 15.3. The summed E-state index contributed by atoms with van der Waals surface area (Å²) in [6, 6.07) is 35.2. The van der Waals surface area contributed by atoms with Crippen LogP contribution in [-0.2, 0) is 29.5 Å². The molecule has 0 aromatic heterocycles. The molecule has 0 bridgehead atoms. The highest BCUT2D eigenvalue weighted by molar-refractivity contribution is 5.76. The molecule has 1 spiro atoms. The van der Waals surface area contributed by atoms with E-state index in [1.165, 1.54) is 59.2 Å². The van der Waals surface area contributed by atoms with Gasteiger partial charge in [-0.2, -0.15) is 0 Å². The molecule has 0 radical (unpaired) electrons. The third-order valence-corrected chi connectivity index (χ3v) is 12.0. The molecule has 1 aliphatic carbocycles. The van der Waals surface area contributed by atoms with E-state index in [2.05, 4.69) is 112 Å². The molecule has 4 aromatic rings. The number of hydrogen-bond acceptors (Lipinski definition) is 5. The number of rotatable bonds is 16. The Kier molecular flexibility index (Phi) is 12.6. The van der Waals surface area contributed by atoms with Gasteiger partial charge in [-0.25, -0.2) is 0 Å². The fourth-order valence-electron chi connectivity index (χ4n) is 9.04. The normalized spacial score (nSPS) is 17.4. The number of methoxy groups -OCH3 is 2. The first-order valence-electron chi connectivity index (χ1n) is 19.5. The Hall–Kier alpha value is -4.29. The minimum atomic E-state index is -0.131. The molecule has 0 saturated carbocycles. The van der Waals surface area contributed by atoms with E-state index in [9.17, 15) is 4.79 Å². The number of ether oxygens (including phenoxy) is 2. The zero-order valence-electron chi connectivity index (χ0n) is 32.0. The molecule has 52 heavy (non-hydrogen) atoms. The van der Waals surface area contributed by atoms with Gasteiger partial charge in [-0.15, -0.1) is 0 Å². The zero-order valence-corrected chi connectivity index (χ0v) is 32.0. The van der Waals surface area contributed by atoms with E-state index < -0.39 is 0 Å². The quantitative estimate of drug-likeness (QED) is 0.118. The molecule has 276 valence electrons. The van der Waals surface area contributed by atoms with Gasteiger partial charge in [-0.1, -0.05) is 79.2 Å². The molecule has 1 unspecified atom stereocenters. The molecule has 6 rings (SSSR count). The number of carbonyl (C=O) groups is 1. The van der Waals surface area contributed by atoms with E-state index in [1.807, 2.05) is 14.1 Å². The second-order valence-corrected chi connectivity index (χ2v) is 15.3. The van der Waals surface area contributed by atoms with Gasteiger partial charge in [-0.05, 0) is 129 Å². The summed E-state index contributed by atoms with van der Waals surface area (Å²) in [5.74, 6) is 1.80. The van der Waals surface area contributed by atoms with Crippen molar-refractivity contribution in [3.05, 3.63) is 125 Å². The molecule has 1 fully saturated rings. The van der Waals surface area contributed by atoms with Crippen molar-refractivity contribution < 1.29 is 14.3 Å². The van der Waals surface area contributed by atoms with Gasteiger partial charge in [0.1, 0.15) is 0 Å². The predicted octanol–water partition coefficient (Wildman–Crippen LogP) is 8.78. The number of benzene rings is 4. The Morgan fingerprint density at radius 1 is 0.808 bits per heavy atom. The van der Waals surface area contributed by atoms with Gasteiger partial charge in [0.05, 0.1) is 14.2 Å². The highest BCUT2D eigenvalue weighted by Gasteiger charge is 2.42. The number of piperidine rings is 1. The average Bonchev–Trinajstić information content (AvgIpc) is 3.19. The van der Waals surface area contributed by atoms with Crippen molar-refractivity contribution in [2.45, 2.75) is 88.0 Å². The lowest BCUT2D eigenvalue weighted by atomic mass is 9.68. The highest BCUT2D eigenvalue weighted by Crippen LogP contribution is 2.45. The number of anilines is 1. The molecule has 2 aliphatic rings. The summed E-state index contributed by atoms with van der Waals surface area (Å²) >= 11 is 0. The van der Waals surface area contributed by atoms with Crippen molar-refractivity contribution >= 4 is 11.6 Å². The lowest BCUT2D eigenvalue weighted by Gasteiger charge is -2.50. The van der Waals surface area contributed by atoms with Crippen LogP contribution in [0.4, 0.5) is 5.69 Å². The van der Waals surface area contributed by atoms with Crippen LogP contribution in [0.1, 0.15) is 85.6 Å². The van der Waals surface area contributed by atoms with E-state index >= 15 is 0 Å². The van der Waals surface area contributed by atoms with Crippen molar-refractivity contribution in [1.29, 1.82) is 0 Å². The molecule has 1 aliphatic heterocycles. The monoisotopic (exact) mass is 701 g/mol. The Balaban J connectivity index is 1.14. The minimum Gasteiger partial charge on any atom is -0.493 e. The van der Waals surface area contributed by atoms with Crippen LogP contribution in [0.3, 0.4) is 0 Å². The Morgan fingerprint density at radius 2 is 1.44 bits per heavy atom. The predicted molar refractivity (Wildman–Crippen MR) is 214 cm³/mol. The van der Waals surface area contributed by atoms with Crippen LogP contribution in [0.25, 0.3) is 0 Å². The van der Waals surface area contributed by atoms with Gasteiger partial charge in [0.2, 0.25) is 5.91 Å². The minimum absolute atomic E-state index is 0.127. The molecular weight excluding hydrogens is 643 g/mol. The number of nitrogens with one attached hydrogen (secondary N) is 1. The van der Waals surface area contributed by atoms with E-state index in [0.29, 0.717) is 13.0 Å². The Bertz CT molecular complexity index is 1680. The van der Waals surface area contributed by atoms with Crippen LogP contribution in [0, 0.1) is 0 Å². The Labute approximate surface area is 312 Å². The third kappa shape index (κ3) is 8.66. The molecule has 1 amide bonds. The molecule has 1 saturated heterocycles. The summed E-state index contributed by atoms with van der Waals surface area (Å²) in [6.45, 7) is 2.94. The van der Waals surface area contributed by atoms with Crippen molar-refractivity contribution in [2.24, 2.45) is 0 Å². The number of hydrogen-bond donors (Lipinski definition) is 1.